The molecule has 0 radical (unpaired) electrons. The number of benzene rings is 1. The third kappa shape index (κ3) is 3.55. The van der Waals surface area contributed by atoms with Crippen molar-refractivity contribution in [3.63, 3.8) is 0 Å². The number of nitrogens with one attached hydrogen (secondary N) is 1. The van der Waals surface area contributed by atoms with Gasteiger partial charge >= 0.3 is 0 Å². The molecule has 3 aromatic rings. The fraction of sp³-hybridized carbons (Fsp3) is 0.316. The van der Waals surface area contributed by atoms with Gasteiger partial charge in [0.25, 0.3) is 11.6 Å². The SMILES string of the molecule is COc1cc(OC)c(NC(=O)c2cc(C(C)C)nc3onc(C)c23)cc1Cl. The molecule has 0 spiro atoms. The molecule has 7 nitrogen and oxygen atoms in total. The van der Waals surface area contributed by atoms with Crippen LogP contribution in [-0.4, -0.2) is 30.3 Å². The lowest BCUT2D eigenvalue weighted by atomic mass is 10.0. The number of hydrogen-bond donors (Lipinski definition) is 1. The van der Waals surface area contributed by atoms with E-state index in [9.17, 15) is 4.79 Å². The van der Waals surface area contributed by atoms with Crippen molar-refractivity contribution in [1.82, 2.24) is 10.1 Å². The molecule has 2 aromatic heterocycles. The molecule has 0 fully saturated rings. The summed E-state index contributed by atoms with van der Waals surface area (Å²) in [5.41, 5.74) is 2.53. The van der Waals surface area contributed by atoms with Gasteiger partial charge in [-0.05, 0) is 25.0 Å². The van der Waals surface area contributed by atoms with Gasteiger partial charge in [-0.3, -0.25) is 4.79 Å². The summed E-state index contributed by atoms with van der Waals surface area (Å²) in [7, 11) is 3.01. The van der Waals surface area contributed by atoms with Gasteiger partial charge in [0, 0.05) is 11.8 Å². The highest BCUT2D eigenvalue weighted by molar-refractivity contribution is 6.32. The van der Waals surface area contributed by atoms with Gasteiger partial charge < -0.3 is 19.3 Å². The highest BCUT2D eigenvalue weighted by atomic mass is 35.5. The van der Waals surface area contributed by atoms with Crippen molar-refractivity contribution in [2.24, 2.45) is 0 Å². The van der Waals surface area contributed by atoms with E-state index in [1.165, 1.54) is 14.2 Å². The molecule has 0 aliphatic heterocycles. The zero-order valence-electron chi connectivity index (χ0n) is 15.7. The molecule has 27 heavy (non-hydrogen) atoms. The van der Waals surface area contributed by atoms with Crippen LogP contribution in [-0.2, 0) is 0 Å². The molecule has 0 aliphatic carbocycles. The molecule has 0 saturated carbocycles. The number of nitrogens with zero attached hydrogens (tertiary/aromatic N) is 2. The van der Waals surface area contributed by atoms with Gasteiger partial charge in [0.1, 0.15) is 11.5 Å². The molecule has 3 rings (SSSR count). The van der Waals surface area contributed by atoms with E-state index in [4.69, 9.17) is 25.6 Å². The number of ether oxygens (including phenoxy) is 2. The van der Waals surface area contributed by atoms with E-state index in [-0.39, 0.29) is 11.8 Å². The van der Waals surface area contributed by atoms with Crippen molar-refractivity contribution in [3.05, 3.63) is 40.2 Å². The minimum absolute atomic E-state index is 0.122. The molecular formula is C19H20ClN3O4. The third-order valence-electron chi connectivity index (χ3n) is 4.20. The second-order valence-corrected chi connectivity index (χ2v) is 6.75. The van der Waals surface area contributed by atoms with Crippen molar-refractivity contribution in [2.75, 3.05) is 19.5 Å². The summed E-state index contributed by atoms with van der Waals surface area (Å²) < 4.78 is 15.8. The molecule has 0 aliphatic rings. The normalized spacial score (nSPS) is 11.1. The second kappa shape index (κ2) is 7.44. The summed E-state index contributed by atoms with van der Waals surface area (Å²) in [6.45, 7) is 5.75. The van der Waals surface area contributed by atoms with Crippen LogP contribution in [0.25, 0.3) is 11.1 Å². The lowest BCUT2D eigenvalue weighted by molar-refractivity contribution is 0.102. The fourth-order valence-corrected chi connectivity index (χ4v) is 2.98. The Bertz CT molecular complexity index is 1010. The monoisotopic (exact) mass is 389 g/mol. The number of pyridine rings is 1. The van der Waals surface area contributed by atoms with Crippen LogP contribution < -0.4 is 14.8 Å². The van der Waals surface area contributed by atoms with Gasteiger partial charge in [0.05, 0.1) is 41.6 Å². The maximum atomic E-state index is 13.0. The van der Waals surface area contributed by atoms with Crippen LogP contribution in [0.15, 0.2) is 22.7 Å². The minimum atomic E-state index is -0.338. The smallest absolute Gasteiger partial charge is 0.259 e. The van der Waals surface area contributed by atoms with Gasteiger partial charge in [-0.15, -0.1) is 0 Å². The number of hydrogen-bond acceptors (Lipinski definition) is 6. The first-order chi connectivity index (χ1) is 12.8. The minimum Gasteiger partial charge on any atom is -0.495 e. The third-order valence-corrected chi connectivity index (χ3v) is 4.49. The zero-order chi connectivity index (χ0) is 19.7. The number of amides is 1. The molecule has 0 bridgehead atoms. The van der Waals surface area contributed by atoms with E-state index in [0.29, 0.717) is 44.6 Å². The molecule has 142 valence electrons. The Kier molecular flexibility index (Phi) is 5.23. The van der Waals surface area contributed by atoms with Gasteiger partial charge in [-0.2, -0.15) is 0 Å². The summed E-state index contributed by atoms with van der Waals surface area (Å²) >= 11 is 6.19. The van der Waals surface area contributed by atoms with Gasteiger partial charge in [0.15, 0.2) is 0 Å². The molecule has 1 N–H and O–H groups in total. The number of aryl methyl sites for hydroxylation is 1. The van der Waals surface area contributed by atoms with Crippen molar-refractivity contribution in [2.45, 2.75) is 26.7 Å². The number of fused-ring (bicyclic) bond motifs is 1. The van der Waals surface area contributed by atoms with Crippen LogP contribution in [0, 0.1) is 6.92 Å². The van der Waals surface area contributed by atoms with E-state index in [1.807, 2.05) is 13.8 Å². The lowest BCUT2D eigenvalue weighted by Gasteiger charge is -2.14. The summed E-state index contributed by atoms with van der Waals surface area (Å²) in [6.07, 6.45) is 0. The van der Waals surface area contributed by atoms with Gasteiger partial charge in [-0.25, -0.2) is 4.98 Å². The Hall–Kier alpha value is -2.80. The highest BCUT2D eigenvalue weighted by Crippen LogP contribution is 2.36. The first-order valence-electron chi connectivity index (χ1n) is 8.35. The second-order valence-electron chi connectivity index (χ2n) is 6.34. The quantitative estimate of drug-likeness (QED) is 0.687. The van der Waals surface area contributed by atoms with Crippen molar-refractivity contribution in [1.29, 1.82) is 0 Å². The van der Waals surface area contributed by atoms with Gasteiger partial charge in [0.2, 0.25) is 0 Å². The summed E-state index contributed by atoms with van der Waals surface area (Å²) in [6, 6.07) is 4.95. The molecule has 1 aromatic carbocycles. The number of anilines is 1. The Morgan fingerprint density at radius 1 is 1.19 bits per heavy atom. The molecule has 8 heteroatoms. The summed E-state index contributed by atoms with van der Waals surface area (Å²) in [5.74, 6) is 0.669. The molecule has 0 unspecified atom stereocenters. The average molecular weight is 390 g/mol. The average Bonchev–Trinajstić information content (AvgIpc) is 3.02. The van der Waals surface area contributed by atoms with Crippen LogP contribution in [0.5, 0.6) is 11.5 Å². The van der Waals surface area contributed by atoms with Crippen LogP contribution in [0.4, 0.5) is 5.69 Å². The van der Waals surface area contributed by atoms with E-state index in [2.05, 4.69) is 15.5 Å². The van der Waals surface area contributed by atoms with Crippen molar-refractivity contribution in [3.8, 4) is 11.5 Å². The molecule has 1 amide bonds. The summed E-state index contributed by atoms with van der Waals surface area (Å²) in [5, 5.41) is 7.72. The summed E-state index contributed by atoms with van der Waals surface area (Å²) in [4.78, 5) is 17.5. The van der Waals surface area contributed by atoms with Crippen LogP contribution in [0.3, 0.4) is 0 Å². The topological polar surface area (TPSA) is 86.5 Å². The Morgan fingerprint density at radius 3 is 2.52 bits per heavy atom. The van der Waals surface area contributed by atoms with E-state index in [0.717, 1.165) is 5.69 Å². The Labute approximate surface area is 161 Å². The maximum Gasteiger partial charge on any atom is 0.259 e. The number of rotatable bonds is 5. The first-order valence-corrected chi connectivity index (χ1v) is 8.73. The highest BCUT2D eigenvalue weighted by Gasteiger charge is 2.21. The van der Waals surface area contributed by atoms with Crippen molar-refractivity contribution < 1.29 is 18.8 Å². The van der Waals surface area contributed by atoms with E-state index >= 15 is 0 Å². The lowest BCUT2D eigenvalue weighted by Crippen LogP contribution is -2.14. The number of halogens is 1. The van der Waals surface area contributed by atoms with Gasteiger partial charge in [-0.1, -0.05) is 30.6 Å². The largest absolute Gasteiger partial charge is 0.495 e. The maximum absolute atomic E-state index is 13.0. The molecule has 0 saturated heterocycles. The Balaban J connectivity index is 2.07. The van der Waals surface area contributed by atoms with E-state index in [1.54, 1.807) is 25.1 Å². The number of methoxy groups -OCH3 is 2. The van der Waals surface area contributed by atoms with E-state index < -0.39 is 0 Å². The molecule has 0 atom stereocenters. The van der Waals surface area contributed by atoms with Crippen LogP contribution in [0.1, 0.15) is 41.5 Å². The zero-order valence-corrected chi connectivity index (χ0v) is 16.5. The predicted octanol–water partition coefficient (Wildman–Crippen LogP) is 4.58. The van der Waals surface area contributed by atoms with Crippen LogP contribution in [0.2, 0.25) is 5.02 Å². The Morgan fingerprint density at radius 2 is 1.89 bits per heavy atom. The first kappa shape index (κ1) is 19.0. The number of aromatic nitrogens is 2. The van der Waals surface area contributed by atoms with Crippen molar-refractivity contribution >= 4 is 34.3 Å². The molecule has 2 heterocycles. The predicted molar refractivity (Wildman–Crippen MR) is 103 cm³/mol. The van der Waals surface area contributed by atoms with Crippen LogP contribution >= 0.6 is 11.6 Å². The molecular weight excluding hydrogens is 370 g/mol. The fourth-order valence-electron chi connectivity index (χ4n) is 2.74. The number of carbonyl (C=O) groups is 1. The number of carbonyl (C=O) groups excluding carboxylic acids is 1. The standard InChI is InChI=1S/C19H20ClN3O4/c1-9(2)13-6-11(17-10(3)23-27-19(17)22-13)18(24)21-14-7-12(20)15(25-4)8-16(14)26-5/h6-9H,1-5H3,(H,21,24).